The summed E-state index contributed by atoms with van der Waals surface area (Å²) in [5.41, 5.74) is 0.765. The fraction of sp³-hybridized carbons (Fsp3) is 0.750. The molecule has 0 radical (unpaired) electrons. The number of ether oxygens (including phenoxy) is 1. The highest BCUT2D eigenvalue weighted by atomic mass is 16.5. The predicted octanol–water partition coefficient (Wildman–Crippen LogP) is 2.44. The number of hydrogen-bond acceptors (Lipinski definition) is 3. The lowest BCUT2D eigenvalue weighted by Crippen LogP contribution is -2.09. The van der Waals surface area contributed by atoms with E-state index in [0.717, 1.165) is 31.3 Å². The molecule has 0 fully saturated rings. The molecule has 0 rings (SSSR count). The van der Waals surface area contributed by atoms with Gasteiger partial charge in [-0.3, -0.25) is 0 Å². The average molecular weight is 214 g/mol. The molecule has 0 heterocycles. The van der Waals surface area contributed by atoms with Crippen molar-refractivity contribution in [3.63, 3.8) is 0 Å². The Labute approximate surface area is 92.1 Å². The molecule has 0 aliphatic carbocycles. The largest absolute Gasteiger partial charge is 0.462 e. The van der Waals surface area contributed by atoms with E-state index in [1.54, 1.807) is 0 Å². The van der Waals surface area contributed by atoms with Crippen molar-refractivity contribution in [1.29, 1.82) is 0 Å². The van der Waals surface area contributed by atoms with Crippen molar-refractivity contribution < 1.29 is 14.6 Å². The van der Waals surface area contributed by atoms with Gasteiger partial charge in [0.05, 0.1) is 6.61 Å². The van der Waals surface area contributed by atoms with Crippen molar-refractivity contribution >= 4 is 5.97 Å². The Morgan fingerprint density at radius 3 is 2.60 bits per heavy atom. The Morgan fingerprint density at radius 1 is 1.33 bits per heavy atom. The van der Waals surface area contributed by atoms with Gasteiger partial charge < -0.3 is 9.84 Å². The lowest BCUT2D eigenvalue weighted by atomic mass is 10.1. The molecule has 0 spiro atoms. The van der Waals surface area contributed by atoms with Crippen molar-refractivity contribution in [1.82, 2.24) is 0 Å². The predicted molar refractivity (Wildman–Crippen MR) is 60.6 cm³/mol. The second-order valence-electron chi connectivity index (χ2n) is 3.48. The number of esters is 1. The molecule has 88 valence electrons. The maximum atomic E-state index is 11.5. The topological polar surface area (TPSA) is 46.5 Å². The van der Waals surface area contributed by atoms with Gasteiger partial charge in [0.25, 0.3) is 0 Å². The van der Waals surface area contributed by atoms with E-state index in [0.29, 0.717) is 13.0 Å². The molecule has 0 unspecified atom stereocenters. The van der Waals surface area contributed by atoms with E-state index in [4.69, 9.17) is 9.84 Å². The number of unbranched alkanes of at least 4 members (excludes halogenated alkanes) is 2. The first-order valence-electron chi connectivity index (χ1n) is 5.69. The Morgan fingerprint density at radius 2 is 2.07 bits per heavy atom. The van der Waals surface area contributed by atoms with Gasteiger partial charge in [0, 0.05) is 12.2 Å². The van der Waals surface area contributed by atoms with E-state index in [2.05, 4.69) is 6.92 Å². The van der Waals surface area contributed by atoms with Crippen molar-refractivity contribution in [2.45, 2.75) is 46.0 Å². The summed E-state index contributed by atoms with van der Waals surface area (Å²) >= 11 is 0. The van der Waals surface area contributed by atoms with Crippen LogP contribution < -0.4 is 0 Å². The zero-order valence-electron chi connectivity index (χ0n) is 9.79. The molecule has 0 aromatic rings. The van der Waals surface area contributed by atoms with Gasteiger partial charge in [-0.05, 0) is 32.6 Å². The second kappa shape index (κ2) is 9.71. The van der Waals surface area contributed by atoms with E-state index >= 15 is 0 Å². The molecule has 15 heavy (non-hydrogen) atoms. The van der Waals surface area contributed by atoms with Gasteiger partial charge in [0.1, 0.15) is 0 Å². The number of rotatable bonds is 8. The normalized spacial score (nSPS) is 11.5. The SMILES string of the molecule is C/C=C(\CCCC)C(=O)OCCCCO. The molecule has 0 bridgehead atoms. The molecule has 0 aliphatic heterocycles. The summed E-state index contributed by atoms with van der Waals surface area (Å²) in [7, 11) is 0. The van der Waals surface area contributed by atoms with Crippen molar-refractivity contribution in [3.8, 4) is 0 Å². The molecule has 0 aromatic carbocycles. The smallest absolute Gasteiger partial charge is 0.333 e. The summed E-state index contributed by atoms with van der Waals surface area (Å²) in [6, 6.07) is 0. The van der Waals surface area contributed by atoms with Gasteiger partial charge in [0.2, 0.25) is 0 Å². The number of aliphatic hydroxyl groups is 1. The van der Waals surface area contributed by atoms with Crippen LogP contribution in [0.2, 0.25) is 0 Å². The minimum Gasteiger partial charge on any atom is -0.462 e. The third kappa shape index (κ3) is 7.14. The zero-order chi connectivity index (χ0) is 11.5. The number of aliphatic hydroxyl groups excluding tert-OH is 1. The minimum absolute atomic E-state index is 0.157. The maximum absolute atomic E-state index is 11.5. The summed E-state index contributed by atoms with van der Waals surface area (Å²) in [6.45, 7) is 4.52. The molecule has 0 saturated heterocycles. The van der Waals surface area contributed by atoms with Crippen LogP contribution in [0.5, 0.6) is 0 Å². The van der Waals surface area contributed by atoms with E-state index in [1.165, 1.54) is 0 Å². The van der Waals surface area contributed by atoms with Crippen LogP contribution in [0, 0.1) is 0 Å². The first-order chi connectivity index (χ1) is 7.26. The third-order valence-corrected chi connectivity index (χ3v) is 2.20. The Balaban J connectivity index is 3.74. The van der Waals surface area contributed by atoms with Crippen LogP contribution in [0.4, 0.5) is 0 Å². The number of carbonyl (C=O) groups excluding carboxylic acids is 1. The molecule has 0 aliphatic rings. The maximum Gasteiger partial charge on any atom is 0.333 e. The highest BCUT2D eigenvalue weighted by molar-refractivity contribution is 5.88. The van der Waals surface area contributed by atoms with E-state index in [-0.39, 0.29) is 12.6 Å². The summed E-state index contributed by atoms with van der Waals surface area (Å²) in [5.74, 6) is -0.205. The van der Waals surface area contributed by atoms with Crippen molar-refractivity contribution in [3.05, 3.63) is 11.6 Å². The first-order valence-corrected chi connectivity index (χ1v) is 5.69. The minimum atomic E-state index is -0.205. The van der Waals surface area contributed by atoms with E-state index in [9.17, 15) is 4.79 Å². The molecule has 0 aromatic heterocycles. The standard InChI is InChI=1S/C12H22O3/c1-3-5-8-11(4-2)12(14)15-10-7-6-9-13/h4,13H,3,5-10H2,1-2H3/b11-4+. The van der Waals surface area contributed by atoms with Crippen molar-refractivity contribution in [2.24, 2.45) is 0 Å². The van der Waals surface area contributed by atoms with Crippen LogP contribution in [0.1, 0.15) is 46.0 Å². The van der Waals surface area contributed by atoms with Gasteiger partial charge in [0.15, 0.2) is 0 Å². The third-order valence-electron chi connectivity index (χ3n) is 2.20. The lowest BCUT2D eigenvalue weighted by Gasteiger charge is -2.06. The number of allylic oxidation sites excluding steroid dienone is 1. The highest BCUT2D eigenvalue weighted by Gasteiger charge is 2.08. The molecule has 1 N–H and O–H groups in total. The van der Waals surface area contributed by atoms with Gasteiger partial charge >= 0.3 is 5.97 Å². The van der Waals surface area contributed by atoms with Gasteiger partial charge in [-0.2, -0.15) is 0 Å². The van der Waals surface area contributed by atoms with Crippen LogP contribution in [0.3, 0.4) is 0 Å². The highest BCUT2D eigenvalue weighted by Crippen LogP contribution is 2.09. The monoisotopic (exact) mass is 214 g/mol. The number of carbonyl (C=O) groups is 1. The molecular formula is C12H22O3. The molecule has 0 amide bonds. The lowest BCUT2D eigenvalue weighted by molar-refractivity contribution is -0.139. The summed E-state index contributed by atoms with van der Waals surface area (Å²) in [6.07, 6.45) is 6.14. The van der Waals surface area contributed by atoms with Gasteiger partial charge in [-0.1, -0.05) is 19.4 Å². The summed E-state index contributed by atoms with van der Waals surface area (Å²) in [4.78, 5) is 11.5. The Hall–Kier alpha value is -0.830. The summed E-state index contributed by atoms with van der Waals surface area (Å²) < 4.78 is 5.08. The molecule has 0 atom stereocenters. The molecule has 3 heteroatoms. The fourth-order valence-electron chi connectivity index (χ4n) is 1.20. The molecule has 0 saturated carbocycles. The number of hydrogen-bond donors (Lipinski definition) is 1. The van der Waals surface area contributed by atoms with Crippen LogP contribution in [0.15, 0.2) is 11.6 Å². The van der Waals surface area contributed by atoms with Crippen LogP contribution in [-0.2, 0) is 9.53 Å². The Bertz CT molecular complexity index is 197. The van der Waals surface area contributed by atoms with Crippen LogP contribution >= 0.6 is 0 Å². The second-order valence-corrected chi connectivity index (χ2v) is 3.48. The fourth-order valence-corrected chi connectivity index (χ4v) is 1.20. The molecular weight excluding hydrogens is 192 g/mol. The van der Waals surface area contributed by atoms with Crippen LogP contribution in [-0.4, -0.2) is 24.3 Å². The van der Waals surface area contributed by atoms with Gasteiger partial charge in [-0.15, -0.1) is 0 Å². The molecule has 3 nitrogen and oxygen atoms in total. The quantitative estimate of drug-likeness (QED) is 0.383. The van der Waals surface area contributed by atoms with E-state index in [1.807, 2.05) is 13.0 Å². The Kier molecular flexibility index (Phi) is 9.18. The zero-order valence-corrected chi connectivity index (χ0v) is 9.79. The van der Waals surface area contributed by atoms with E-state index < -0.39 is 0 Å². The average Bonchev–Trinajstić information content (AvgIpc) is 2.25. The van der Waals surface area contributed by atoms with Crippen LogP contribution in [0.25, 0.3) is 0 Å². The van der Waals surface area contributed by atoms with Gasteiger partial charge in [-0.25, -0.2) is 4.79 Å². The van der Waals surface area contributed by atoms with Crippen molar-refractivity contribution in [2.75, 3.05) is 13.2 Å². The first kappa shape index (κ1) is 14.2. The summed E-state index contributed by atoms with van der Waals surface area (Å²) in [5, 5.41) is 8.55.